The summed E-state index contributed by atoms with van der Waals surface area (Å²) in [5.74, 6) is -1.72. The monoisotopic (exact) mass is 559 g/mol. The van der Waals surface area contributed by atoms with E-state index >= 15 is 0 Å². The molecule has 3 amide bonds. The van der Waals surface area contributed by atoms with E-state index in [1.54, 1.807) is 60.7 Å². The second-order valence-corrected chi connectivity index (χ2v) is 9.99. The van der Waals surface area contributed by atoms with Crippen LogP contribution in [0.2, 0.25) is 0 Å². The number of anilines is 3. The van der Waals surface area contributed by atoms with Crippen LogP contribution in [0.15, 0.2) is 83.5 Å². The standard InChI is InChI=1S/C31H30ClN3O5/c1-4-5-17-40-31(39)21-9-13-23(14-10-21)34-28(36)22-7-6-8-24(18-22)33-27-26(32)29(37)35(30(27)38)25-15-11-20(12-16-25)19(2)3/h6-16,18-19,33H,4-5,17H2,1-3H3,(H,34,36). The molecule has 0 fully saturated rings. The van der Waals surface area contributed by atoms with Crippen molar-refractivity contribution < 1.29 is 23.9 Å². The summed E-state index contributed by atoms with van der Waals surface area (Å²) in [6, 6.07) is 20.0. The molecule has 0 unspecified atom stereocenters. The van der Waals surface area contributed by atoms with Crippen molar-refractivity contribution in [1.29, 1.82) is 0 Å². The van der Waals surface area contributed by atoms with E-state index in [0.717, 1.165) is 23.3 Å². The predicted octanol–water partition coefficient (Wildman–Crippen LogP) is 6.45. The summed E-state index contributed by atoms with van der Waals surface area (Å²) < 4.78 is 5.20. The Morgan fingerprint density at radius 2 is 1.60 bits per heavy atom. The lowest BCUT2D eigenvalue weighted by Crippen LogP contribution is -2.32. The molecule has 2 N–H and O–H groups in total. The molecule has 0 bridgehead atoms. The van der Waals surface area contributed by atoms with Gasteiger partial charge < -0.3 is 15.4 Å². The zero-order chi connectivity index (χ0) is 28.8. The lowest BCUT2D eigenvalue weighted by molar-refractivity contribution is -0.120. The van der Waals surface area contributed by atoms with Gasteiger partial charge in [-0.15, -0.1) is 0 Å². The summed E-state index contributed by atoms with van der Waals surface area (Å²) in [5.41, 5.74) is 3.03. The molecule has 0 radical (unpaired) electrons. The average molecular weight is 560 g/mol. The Morgan fingerprint density at radius 1 is 0.900 bits per heavy atom. The molecule has 0 saturated carbocycles. The number of nitrogens with one attached hydrogen (secondary N) is 2. The molecule has 1 heterocycles. The highest BCUT2D eigenvalue weighted by Gasteiger charge is 2.39. The van der Waals surface area contributed by atoms with Gasteiger partial charge in [-0.25, -0.2) is 9.69 Å². The second kappa shape index (κ2) is 12.6. The third-order valence-electron chi connectivity index (χ3n) is 6.35. The number of amides is 3. The summed E-state index contributed by atoms with van der Waals surface area (Å²) in [4.78, 5) is 52.0. The van der Waals surface area contributed by atoms with E-state index in [1.165, 1.54) is 0 Å². The number of imide groups is 1. The first kappa shape index (κ1) is 28.6. The maximum absolute atomic E-state index is 13.1. The number of unbranched alkanes of at least 4 members (excludes halogenated alkanes) is 1. The fraction of sp³-hybridized carbons (Fsp3) is 0.226. The summed E-state index contributed by atoms with van der Waals surface area (Å²) in [6.45, 7) is 6.49. The van der Waals surface area contributed by atoms with Crippen LogP contribution in [-0.2, 0) is 14.3 Å². The van der Waals surface area contributed by atoms with Crippen LogP contribution in [0.25, 0.3) is 0 Å². The van der Waals surface area contributed by atoms with Crippen molar-refractivity contribution in [3.63, 3.8) is 0 Å². The number of carbonyl (C=O) groups excluding carboxylic acids is 4. The zero-order valence-electron chi connectivity index (χ0n) is 22.5. The third kappa shape index (κ3) is 6.40. The van der Waals surface area contributed by atoms with Crippen LogP contribution in [0.3, 0.4) is 0 Å². The molecule has 3 aromatic carbocycles. The Labute approximate surface area is 238 Å². The minimum atomic E-state index is -0.627. The molecule has 0 aliphatic carbocycles. The van der Waals surface area contributed by atoms with Crippen molar-refractivity contribution in [1.82, 2.24) is 0 Å². The van der Waals surface area contributed by atoms with Gasteiger partial charge in [-0.05, 0) is 72.5 Å². The molecule has 1 aliphatic heterocycles. The van der Waals surface area contributed by atoms with Gasteiger partial charge in [0.05, 0.1) is 17.9 Å². The molecule has 40 heavy (non-hydrogen) atoms. The Balaban J connectivity index is 1.43. The Kier molecular flexibility index (Phi) is 9.01. The average Bonchev–Trinajstić information content (AvgIpc) is 3.16. The van der Waals surface area contributed by atoms with Crippen LogP contribution in [0.1, 0.15) is 65.8 Å². The number of esters is 1. The maximum atomic E-state index is 13.1. The van der Waals surface area contributed by atoms with E-state index in [-0.39, 0.29) is 10.7 Å². The summed E-state index contributed by atoms with van der Waals surface area (Å²) >= 11 is 6.27. The van der Waals surface area contributed by atoms with Crippen LogP contribution in [0, 0.1) is 0 Å². The molecule has 9 heteroatoms. The van der Waals surface area contributed by atoms with E-state index in [4.69, 9.17) is 16.3 Å². The van der Waals surface area contributed by atoms with Gasteiger partial charge >= 0.3 is 5.97 Å². The van der Waals surface area contributed by atoms with E-state index in [9.17, 15) is 19.2 Å². The first-order chi connectivity index (χ1) is 19.2. The molecule has 8 nitrogen and oxygen atoms in total. The van der Waals surface area contributed by atoms with Crippen molar-refractivity contribution in [2.75, 3.05) is 22.1 Å². The van der Waals surface area contributed by atoms with E-state index in [0.29, 0.717) is 40.7 Å². The molecule has 3 aromatic rings. The Hall–Kier alpha value is -4.43. The smallest absolute Gasteiger partial charge is 0.338 e. The lowest BCUT2D eigenvalue weighted by atomic mass is 10.0. The van der Waals surface area contributed by atoms with Crippen LogP contribution in [-0.4, -0.2) is 30.3 Å². The fourth-order valence-electron chi connectivity index (χ4n) is 4.02. The van der Waals surface area contributed by atoms with Crippen molar-refractivity contribution >= 4 is 52.4 Å². The number of benzene rings is 3. The van der Waals surface area contributed by atoms with Gasteiger partial charge in [0.1, 0.15) is 10.7 Å². The number of carbonyl (C=O) groups is 4. The van der Waals surface area contributed by atoms with Crippen molar-refractivity contribution in [3.05, 3.63) is 100 Å². The Bertz CT molecular complexity index is 1460. The molecule has 4 rings (SSSR count). The van der Waals surface area contributed by atoms with Crippen LogP contribution in [0.5, 0.6) is 0 Å². The van der Waals surface area contributed by atoms with E-state index < -0.39 is 23.7 Å². The maximum Gasteiger partial charge on any atom is 0.338 e. The molecule has 0 aromatic heterocycles. The van der Waals surface area contributed by atoms with Gasteiger partial charge in [-0.3, -0.25) is 14.4 Å². The summed E-state index contributed by atoms with van der Waals surface area (Å²) in [7, 11) is 0. The molecular formula is C31H30ClN3O5. The van der Waals surface area contributed by atoms with Crippen LogP contribution < -0.4 is 15.5 Å². The zero-order valence-corrected chi connectivity index (χ0v) is 23.2. The molecule has 1 aliphatic rings. The number of hydrogen-bond donors (Lipinski definition) is 2. The molecular weight excluding hydrogens is 530 g/mol. The quantitative estimate of drug-likeness (QED) is 0.168. The van der Waals surface area contributed by atoms with Crippen LogP contribution in [0.4, 0.5) is 17.1 Å². The van der Waals surface area contributed by atoms with Crippen LogP contribution >= 0.6 is 11.6 Å². The SMILES string of the molecule is CCCCOC(=O)c1ccc(NC(=O)c2cccc(NC3=C(Cl)C(=O)N(c4ccc(C(C)C)cc4)C3=O)c2)cc1. The number of halogens is 1. The van der Waals surface area contributed by atoms with Crippen molar-refractivity contribution in [3.8, 4) is 0 Å². The molecule has 0 spiro atoms. The normalized spacial score (nSPS) is 13.2. The van der Waals surface area contributed by atoms with Gasteiger partial charge in [0.25, 0.3) is 17.7 Å². The largest absolute Gasteiger partial charge is 0.462 e. The third-order valence-corrected chi connectivity index (χ3v) is 6.70. The van der Waals surface area contributed by atoms with Crippen molar-refractivity contribution in [2.24, 2.45) is 0 Å². The number of nitrogens with zero attached hydrogens (tertiary/aromatic N) is 1. The topological polar surface area (TPSA) is 105 Å². The van der Waals surface area contributed by atoms with E-state index in [1.807, 2.05) is 19.1 Å². The summed E-state index contributed by atoms with van der Waals surface area (Å²) in [6.07, 6.45) is 1.73. The first-order valence-corrected chi connectivity index (χ1v) is 13.4. The predicted molar refractivity (Wildman–Crippen MR) is 156 cm³/mol. The van der Waals surface area contributed by atoms with E-state index in [2.05, 4.69) is 24.5 Å². The van der Waals surface area contributed by atoms with Gasteiger partial charge in [-0.2, -0.15) is 0 Å². The van der Waals surface area contributed by atoms with Gasteiger partial charge in [0.2, 0.25) is 0 Å². The highest BCUT2D eigenvalue weighted by atomic mass is 35.5. The molecule has 206 valence electrons. The highest BCUT2D eigenvalue weighted by Crippen LogP contribution is 2.31. The minimum Gasteiger partial charge on any atom is -0.462 e. The number of rotatable bonds is 10. The second-order valence-electron chi connectivity index (χ2n) is 9.61. The fourth-order valence-corrected chi connectivity index (χ4v) is 4.23. The van der Waals surface area contributed by atoms with Gasteiger partial charge in [-0.1, -0.05) is 57.0 Å². The van der Waals surface area contributed by atoms with Gasteiger partial charge in [0, 0.05) is 16.9 Å². The lowest BCUT2D eigenvalue weighted by Gasteiger charge is -2.16. The first-order valence-electron chi connectivity index (χ1n) is 13.0. The van der Waals surface area contributed by atoms with Gasteiger partial charge in [0.15, 0.2) is 0 Å². The molecule has 0 saturated heterocycles. The summed E-state index contributed by atoms with van der Waals surface area (Å²) in [5, 5.41) is 5.45. The number of ether oxygens (including phenoxy) is 1. The minimum absolute atomic E-state index is 0.0708. The highest BCUT2D eigenvalue weighted by molar-refractivity contribution is 6.53. The number of hydrogen-bond acceptors (Lipinski definition) is 6. The Morgan fingerprint density at radius 3 is 2.25 bits per heavy atom. The molecule has 0 atom stereocenters. The van der Waals surface area contributed by atoms with Crippen molar-refractivity contribution in [2.45, 2.75) is 39.5 Å².